The third-order valence-electron chi connectivity index (χ3n) is 3.38. The summed E-state index contributed by atoms with van der Waals surface area (Å²) in [4.78, 5) is 11.8. The van der Waals surface area contributed by atoms with Crippen LogP contribution >= 0.6 is 0 Å². The highest BCUT2D eigenvalue weighted by molar-refractivity contribution is 5.69. The molecule has 2 heteroatoms. The number of allylic oxidation sites excluding steroid dienone is 4. The minimum Gasteiger partial charge on any atom is -0.458 e. The summed E-state index contributed by atoms with van der Waals surface area (Å²) in [5, 5.41) is 0. The molecule has 0 aromatic carbocycles. The zero-order valence-corrected chi connectivity index (χ0v) is 12.7. The Balaban J connectivity index is 2.56. The van der Waals surface area contributed by atoms with Crippen LogP contribution in [0.15, 0.2) is 36.5 Å². The van der Waals surface area contributed by atoms with Gasteiger partial charge in [-0.3, -0.25) is 4.79 Å². The Kier molecular flexibility index (Phi) is 9.64. The molecule has 0 N–H and O–H groups in total. The molecule has 1 unspecified atom stereocenters. The summed E-state index contributed by atoms with van der Waals surface area (Å²) in [5.74, 6) is -0.0643. The molecular weight excluding hydrogens is 248 g/mol. The second-order valence-corrected chi connectivity index (χ2v) is 5.26. The second-order valence-electron chi connectivity index (χ2n) is 5.26. The summed E-state index contributed by atoms with van der Waals surface area (Å²) in [6, 6.07) is 0. The van der Waals surface area contributed by atoms with Gasteiger partial charge < -0.3 is 4.74 Å². The average Bonchev–Trinajstić information content (AvgIpc) is 2.44. The number of carbonyl (C=O) groups excluding carboxylic acids is 1. The zero-order valence-electron chi connectivity index (χ0n) is 12.7. The van der Waals surface area contributed by atoms with Crippen LogP contribution in [0, 0.1) is 0 Å². The number of rotatable bonds is 3. The molecule has 0 bridgehead atoms. The number of cyclic esters (lactones) is 1. The van der Waals surface area contributed by atoms with E-state index in [-0.39, 0.29) is 12.1 Å². The molecule has 1 aliphatic rings. The highest BCUT2D eigenvalue weighted by atomic mass is 16.5. The molecule has 1 aliphatic heterocycles. The van der Waals surface area contributed by atoms with Crippen LogP contribution in [-0.2, 0) is 9.53 Å². The van der Waals surface area contributed by atoms with Crippen molar-refractivity contribution < 1.29 is 9.53 Å². The van der Waals surface area contributed by atoms with Crippen molar-refractivity contribution in [1.29, 1.82) is 0 Å². The van der Waals surface area contributed by atoms with Gasteiger partial charge in [-0.15, -0.1) is 0 Å². The molecule has 1 heterocycles. The zero-order chi connectivity index (χ0) is 14.5. The Bertz CT molecular complexity index is 339. The molecule has 20 heavy (non-hydrogen) atoms. The summed E-state index contributed by atoms with van der Waals surface area (Å²) in [6.07, 6.45) is 21.6. The van der Waals surface area contributed by atoms with Crippen LogP contribution in [0.5, 0.6) is 0 Å². The van der Waals surface area contributed by atoms with Gasteiger partial charge in [0.1, 0.15) is 6.10 Å². The fourth-order valence-electron chi connectivity index (χ4n) is 2.22. The summed E-state index contributed by atoms with van der Waals surface area (Å²) in [5.41, 5.74) is 0. The van der Waals surface area contributed by atoms with Crippen molar-refractivity contribution in [3.8, 4) is 0 Å². The normalized spacial score (nSPS) is 25.9. The summed E-state index contributed by atoms with van der Waals surface area (Å²) >= 11 is 0. The Morgan fingerprint density at radius 2 is 1.95 bits per heavy atom. The highest BCUT2D eigenvalue weighted by Crippen LogP contribution is 2.11. The number of carbonyl (C=O) groups is 1. The predicted octanol–water partition coefficient (Wildman–Crippen LogP) is 5.11. The topological polar surface area (TPSA) is 26.3 Å². The molecule has 0 fully saturated rings. The number of ether oxygens (including phenoxy) is 1. The van der Waals surface area contributed by atoms with Gasteiger partial charge in [-0.1, -0.05) is 56.6 Å². The maximum absolute atomic E-state index is 11.8. The van der Waals surface area contributed by atoms with Crippen molar-refractivity contribution >= 4 is 5.97 Å². The van der Waals surface area contributed by atoms with Gasteiger partial charge in [0.05, 0.1) is 0 Å². The van der Waals surface area contributed by atoms with Gasteiger partial charge in [0.15, 0.2) is 0 Å². The molecule has 2 nitrogen and oxygen atoms in total. The van der Waals surface area contributed by atoms with E-state index < -0.39 is 0 Å². The van der Waals surface area contributed by atoms with E-state index in [1.54, 1.807) is 0 Å². The first kappa shape index (κ1) is 16.7. The SMILES string of the molecule is CC/C=C/CC1/C=C/C=C\CCCCCCCC(=O)O1. The molecule has 0 amide bonds. The van der Waals surface area contributed by atoms with Crippen molar-refractivity contribution in [3.63, 3.8) is 0 Å². The smallest absolute Gasteiger partial charge is 0.306 e. The largest absolute Gasteiger partial charge is 0.458 e. The lowest BCUT2D eigenvalue weighted by atomic mass is 10.1. The van der Waals surface area contributed by atoms with Gasteiger partial charge in [-0.25, -0.2) is 0 Å². The Morgan fingerprint density at radius 3 is 2.80 bits per heavy atom. The van der Waals surface area contributed by atoms with Gasteiger partial charge >= 0.3 is 5.97 Å². The van der Waals surface area contributed by atoms with Crippen LogP contribution in [-0.4, -0.2) is 12.1 Å². The fourth-order valence-corrected chi connectivity index (χ4v) is 2.22. The van der Waals surface area contributed by atoms with Crippen molar-refractivity contribution in [3.05, 3.63) is 36.5 Å². The van der Waals surface area contributed by atoms with Crippen molar-refractivity contribution in [1.82, 2.24) is 0 Å². The third kappa shape index (κ3) is 8.73. The third-order valence-corrected chi connectivity index (χ3v) is 3.38. The molecule has 0 spiro atoms. The van der Waals surface area contributed by atoms with E-state index in [4.69, 9.17) is 4.74 Å². The lowest BCUT2D eigenvalue weighted by Crippen LogP contribution is -2.15. The quantitative estimate of drug-likeness (QED) is 0.529. The molecule has 0 saturated carbocycles. The first-order valence-corrected chi connectivity index (χ1v) is 8.00. The van der Waals surface area contributed by atoms with Crippen molar-refractivity contribution in [2.24, 2.45) is 0 Å². The Morgan fingerprint density at radius 1 is 1.15 bits per heavy atom. The monoisotopic (exact) mass is 276 g/mol. The molecule has 0 saturated heterocycles. The first-order chi connectivity index (χ1) is 9.83. The molecule has 1 atom stereocenters. The van der Waals surface area contributed by atoms with Crippen LogP contribution < -0.4 is 0 Å². The van der Waals surface area contributed by atoms with Gasteiger partial charge in [-0.05, 0) is 31.8 Å². The Hall–Kier alpha value is -1.31. The van der Waals surface area contributed by atoms with E-state index in [0.29, 0.717) is 6.42 Å². The van der Waals surface area contributed by atoms with E-state index >= 15 is 0 Å². The lowest BCUT2D eigenvalue weighted by Gasteiger charge is -2.12. The highest BCUT2D eigenvalue weighted by Gasteiger charge is 2.09. The summed E-state index contributed by atoms with van der Waals surface area (Å²) < 4.78 is 5.53. The first-order valence-electron chi connectivity index (χ1n) is 8.00. The van der Waals surface area contributed by atoms with E-state index in [9.17, 15) is 4.79 Å². The van der Waals surface area contributed by atoms with Crippen molar-refractivity contribution in [2.75, 3.05) is 0 Å². The van der Waals surface area contributed by atoms with Gasteiger partial charge in [0, 0.05) is 12.8 Å². The molecule has 112 valence electrons. The minimum absolute atomic E-state index is 0.0643. The maximum Gasteiger partial charge on any atom is 0.306 e. The van der Waals surface area contributed by atoms with Crippen LogP contribution in [0.3, 0.4) is 0 Å². The number of hydrogen-bond donors (Lipinski definition) is 0. The van der Waals surface area contributed by atoms with Crippen LogP contribution in [0.25, 0.3) is 0 Å². The number of hydrogen-bond acceptors (Lipinski definition) is 2. The van der Waals surface area contributed by atoms with Crippen molar-refractivity contribution in [2.45, 2.75) is 70.8 Å². The molecule has 0 aromatic rings. The maximum atomic E-state index is 11.8. The number of esters is 1. The van der Waals surface area contributed by atoms with Gasteiger partial charge in [0.2, 0.25) is 0 Å². The predicted molar refractivity (Wildman–Crippen MR) is 84.5 cm³/mol. The van der Waals surface area contributed by atoms with E-state index in [0.717, 1.165) is 32.1 Å². The fraction of sp³-hybridized carbons (Fsp3) is 0.611. The molecule has 0 radical (unpaired) electrons. The lowest BCUT2D eigenvalue weighted by molar-refractivity contribution is -0.146. The van der Waals surface area contributed by atoms with E-state index in [1.165, 1.54) is 19.3 Å². The standard InChI is InChI=1S/C18H28O2/c1-2-3-11-14-17-15-12-9-7-5-4-6-8-10-13-16-18(19)20-17/h3,7,9,11-12,15,17H,2,4-6,8,10,13-14,16H2,1H3/b9-7-,11-3+,15-12+. The molecule has 0 aromatic heterocycles. The van der Waals surface area contributed by atoms with Crippen LogP contribution in [0.1, 0.15) is 64.7 Å². The Labute approximate surface area is 123 Å². The van der Waals surface area contributed by atoms with Crippen LogP contribution in [0.4, 0.5) is 0 Å². The summed E-state index contributed by atoms with van der Waals surface area (Å²) in [6.45, 7) is 2.11. The second kappa shape index (κ2) is 11.5. The average molecular weight is 276 g/mol. The van der Waals surface area contributed by atoms with E-state index in [1.807, 2.05) is 12.2 Å². The van der Waals surface area contributed by atoms with Gasteiger partial charge in [-0.2, -0.15) is 0 Å². The molecular formula is C18H28O2. The van der Waals surface area contributed by atoms with Crippen LogP contribution in [0.2, 0.25) is 0 Å². The molecule has 1 rings (SSSR count). The van der Waals surface area contributed by atoms with Gasteiger partial charge in [0.25, 0.3) is 0 Å². The van der Waals surface area contributed by atoms with E-state index in [2.05, 4.69) is 31.2 Å². The summed E-state index contributed by atoms with van der Waals surface area (Å²) in [7, 11) is 0. The minimum atomic E-state index is -0.127. The molecule has 0 aliphatic carbocycles.